The van der Waals surface area contributed by atoms with E-state index < -0.39 is 0 Å². The highest BCUT2D eigenvalue weighted by molar-refractivity contribution is 7.09. The molecule has 1 aromatic heterocycles. The SMILES string of the molecule is Cc1nc(CN2CCN(C(=O)NC3CCN(C)CC3)CC2)cs1. The van der Waals surface area contributed by atoms with Gasteiger partial charge in [0.05, 0.1) is 10.7 Å². The molecule has 2 amide bonds. The number of piperazine rings is 1. The number of nitrogens with zero attached hydrogens (tertiary/aromatic N) is 4. The third-order valence-corrected chi connectivity index (χ3v) is 5.58. The fraction of sp³-hybridized carbons (Fsp3) is 0.750. The Morgan fingerprint density at radius 1 is 1.26 bits per heavy atom. The number of carbonyl (C=O) groups is 1. The Bertz CT molecular complexity index is 518. The number of piperidine rings is 1. The Balaban J connectivity index is 1.40. The number of nitrogens with one attached hydrogen (secondary N) is 1. The molecule has 2 fully saturated rings. The van der Waals surface area contributed by atoms with Crippen molar-refractivity contribution in [1.29, 1.82) is 0 Å². The minimum Gasteiger partial charge on any atom is -0.335 e. The predicted octanol–water partition coefficient (Wildman–Crippen LogP) is 1.37. The van der Waals surface area contributed by atoms with E-state index in [1.807, 2.05) is 11.8 Å². The highest BCUT2D eigenvalue weighted by Gasteiger charge is 2.24. The smallest absolute Gasteiger partial charge is 0.317 e. The second-order valence-corrected chi connectivity index (χ2v) is 7.71. The fourth-order valence-electron chi connectivity index (χ4n) is 3.24. The Morgan fingerprint density at radius 2 is 1.96 bits per heavy atom. The van der Waals surface area contributed by atoms with Gasteiger partial charge in [-0.3, -0.25) is 4.90 Å². The van der Waals surface area contributed by atoms with Gasteiger partial charge < -0.3 is 15.1 Å². The first kappa shape index (κ1) is 16.7. The number of amides is 2. The maximum atomic E-state index is 12.4. The monoisotopic (exact) mass is 337 g/mol. The van der Waals surface area contributed by atoms with Crippen LogP contribution in [0.25, 0.3) is 0 Å². The van der Waals surface area contributed by atoms with Crippen molar-refractivity contribution in [2.24, 2.45) is 0 Å². The van der Waals surface area contributed by atoms with Crippen LogP contribution >= 0.6 is 11.3 Å². The summed E-state index contributed by atoms with van der Waals surface area (Å²) in [5.74, 6) is 0. The average molecular weight is 337 g/mol. The molecule has 0 aromatic carbocycles. The first-order chi connectivity index (χ1) is 11.1. The molecular formula is C16H27N5OS. The minimum atomic E-state index is 0.115. The fourth-order valence-corrected chi connectivity index (χ4v) is 3.84. The van der Waals surface area contributed by atoms with Crippen LogP contribution in [-0.2, 0) is 6.54 Å². The van der Waals surface area contributed by atoms with E-state index in [1.165, 1.54) is 0 Å². The number of urea groups is 1. The summed E-state index contributed by atoms with van der Waals surface area (Å²) in [6.07, 6.45) is 2.12. The molecule has 0 bridgehead atoms. The number of carbonyl (C=O) groups excluding carboxylic acids is 1. The highest BCUT2D eigenvalue weighted by Crippen LogP contribution is 2.13. The molecule has 7 heteroatoms. The summed E-state index contributed by atoms with van der Waals surface area (Å²) in [4.78, 5) is 23.6. The van der Waals surface area contributed by atoms with Gasteiger partial charge in [-0.1, -0.05) is 0 Å². The van der Waals surface area contributed by atoms with E-state index in [9.17, 15) is 4.79 Å². The molecule has 0 atom stereocenters. The van der Waals surface area contributed by atoms with Crippen molar-refractivity contribution >= 4 is 17.4 Å². The average Bonchev–Trinajstić information content (AvgIpc) is 2.95. The van der Waals surface area contributed by atoms with Crippen molar-refractivity contribution in [1.82, 2.24) is 25.0 Å². The first-order valence-electron chi connectivity index (χ1n) is 8.47. The van der Waals surface area contributed by atoms with Crippen molar-refractivity contribution in [3.8, 4) is 0 Å². The van der Waals surface area contributed by atoms with Crippen LogP contribution in [0.1, 0.15) is 23.5 Å². The van der Waals surface area contributed by atoms with Crippen LogP contribution in [0.3, 0.4) is 0 Å². The largest absolute Gasteiger partial charge is 0.335 e. The highest BCUT2D eigenvalue weighted by atomic mass is 32.1. The van der Waals surface area contributed by atoms with E-state index in [-0.39, 0.29) is 6.03 Å². The summed E-state index contributed by atoms with van der Waals surface area (Å²) in [5.41, 5.74) is 1.15. The molecule has 3 heterocycles. The van der Waals surface area contributed by atoms with Crippen molar-refractivity contribution < 1.29 is 4.79 Å². The molecule has 0 spiro atoms. The Morgan fingerprint density at radius 3 is 2.57 bits per heavy atom. The molecule has 0 unspecified atom stereocenters. The number of rotatable bonds is 3. The lowest BCUT2D eigenvalue weighted by Gasteiger charge is -2.36. The summed E-state index contributed by atoms with van der Waals surface area (Å²) in [5, 5.41) is 6.46. The van der Waals surface area contributed by atoms with E-state index in [0.29, 0.717) is 6.04 Å². The zero-order valence-corrected chi connectivity index (χ0v) is 14.9. The quantitative estimate of drug-likeness (QED) is 0.905. The summed E-state index contributed by atoms with van der Waals surface area (Å²) in [6.45, 7) is 8.56. The van der Waals surface area contributed by atoms with Gasteiger partial charge in [0.1, 0.15) is 0 Å². The molecule has 0 aliphatic carbocycles. The molecule has 2 aliphatic heterocycles. The van der Waals surface area contributed by atoms with Gasteiger partial charge in [-0.05, 0) is 39.9 Å². The zero-order chi connectivity index (χ0) is 16.2. The summed E-state index contributed by atoms with van der Waals surface area (Å²) >= 11 is 1.70. The van der Waals surface area contributed by atoms with Gasteiger partial charge in [-0.25, -0.2) is 9.78 Å². The second kappa shape index (κ2) is 7.59. The van der Waals surface area contributed by atoms with Gasteiger partial charge in [0.15, 0.2) is 0 Å². The van der Waals surface area contributed by atoms with Crippen LogP contribution in [0.15, 0.2) is 5.38 Å². The van der Waals surface area contributed by atoms with Crippen LogP contribution in [0, 0.1) is 6.92 Å². The third kappa shape index (κ3) is 4.65. The van der Waals surface area contributed by atoms with Crippen molar-refractivity contribution in [2.75, 3.05) is 46.3 Å². The lowest BCUT2D eigenvalue weighted by molar-refractivity contribution is 0.129. The van der Waals surface area contributed by atoms with Gasteiger partial charge in [0, 0.05) is 44.1 Å². The molecule has 128 valence electrons. The predicted molar refractivity (Wildman–Crippen MR) is 92.8 cm³/mol. The Hall–Kier alpha value is -1.18. The number of aromatic nitrogens is 1. The summed E-state index contributed by atoms with van der Waals surface area (Å²) in [7, 11) is 2.14. The van der Waals surface area contributed by atoms with E-state index in [0.717, 1.165) is 69.4 Å². The van der Waals surface area contributed by atoms with Crippen LogP contribution in [-0.4, -0.2) is 78.1 Å². The van der Waals surface area contributed by atoms with E-state index in [2.05, 4.69) is 32.5 Å². The molecule has 23 heavy (non-hydrogen) atoms. The van der Waals surface area contributed by atoms with Crippen molar-refractivity contribution in [2.45, 2.75) is 32.4 Å². The van der Waals surface area contributed by atoms with Gasteiger partial charge in [-0.2, -0.15) is 0 Å². The van der Waals surface area contributed by atoms with E-state index >= 15 is 0 Å². The molecule has 0 saturated carbocycles. The Labute approximate surface area is 142 Å². The van der Waals surface area contributed by atoms with Gasteiger partial charge >= 0.3 is 6.03 Å². The first-order valence-corrected chi connectivity index (χ1v) is 9.35. The number of hydrogen-bond acceptors (Lipinski definition) is 5. The lowest BCUT2D eigenvalue weighted by atomic mass is 10.1. The molecule has 2 saturated heterocycles. The number of aryl methyl sites for hydroxylation is 1. The maximum Gasteiger partial charge on any atom is 0.317 e. The van der Waals surface area contributed by atoms with Gasteiger partial charge in [0.2, 0.25) is 0 Å². The topological polar surface area (TPSA) is 51.7 Å². The van der Waals surface area contributed by atoms with Crippen molar-refractivity contribution in [3.05, 3.63) is 16.1 Å². The second-order valence-electron chi connectivity index (χ2n) is 6.65. The molecule has 0 radical (unpaired) electrons. The molecular weight excluding hydrogens is 310 g/mol. The molecule has 3 rings (SSSR count). The Kier molecular flexibility index (Phi) is 5.50. The van der Waals surface area contributed by atoms with Gasteiger partial charge in [-0.15, -0.1) is 11.3 Å². The van der Waals surface area contributed by atoms with E-state index in [4.69, 9.17) is 0 Å². The van der Waals surface area contributed by atoms with E-state index in [1.54, 1.807) is 11.3 Å². The molecule has 6 nitrogen and oxygen atoms in total. The van der Waals surface area contributed by atoms with Crippen LogP contribution in [0.4, 0.5) is 4.79 Å². The van der Waals surface area contributed by atoms with Crippen LogP contribution < -0.4 is 5.32 Å². The molecule has 1 N–H and O–H groups in total. The standard InChI is InChI=1S/C16H27N5OS/c1-13-17-15(12-23-13)11-20-7-9-21(10-8-20)16(22)18-14-3-5-19(2)6-4-14/h12,14H,3-11H2,1-2H3,(H,18,22). The number of thiazole rings is 1. The number of hydrogen-bond donors (Lipinski definition) is 1. The lowest BCUT2D eigenvalue weighted by Crippen LogP contribution is -2.54. The zero-order valence-electron chi connectivity index (χ0n) is 14.1. The number of likely N-dealkylation sites (tertiary alicyclic amines) is 1. The minimum absolute atomic E-state index is 0.115. The molecule has 2 aliphatic rings. The normalized spacial score (nSPS) is 21.6. The van der Waals surface area contributed by atoms with Crippen molar-refractivity contribution in [3.63, 3.8) is 0 Å². The van der Waals surface area contributed by atoms with Gasteiger partial charge in [0.25, 0.3) is 0 Å². The third-order valence-electron chi connectivity index (χ3n) is 4.76. The maximum absolute atomic E-state index is 12.4. The van der Waals surface area contributed by atoms with Crippen LogP contribution in [0.5, 0.6) is 0 Å². The summed E-state index contributed by atoms with van der Waals surface area (Å²) < 4.78 is 0. The molecule has 1 aromatic rings. The van der Waals surface area contributed by atoms with Crippen LogP contribution in [0.2, 0.25) is 0 Å². The summed E-state index contributed by atoms with van der Waals surface area (Å²) in [6, 6.07) is 0.457.